The van der Waals surface area contributed by atoms with Crippen LogP contribution in [0.15, 0.2) is 64.2 Å². The lowest BCUT2D eigenvalue weighted by atomic mass is 10.2. The molecular weight excluding hydrogens is 412 g/mol. The molecule has 0 aliphatic heterocycles. The smallest absolute Gasteiger partial charge is 0.277 e. The van der Waals surface area contributed by atoms with E-state index in [1.165, 1.54) is 11.8 Å². The topological polar surface area (TPSA) is 102 Å². The normalized spacial score (nSPS) is 12.5. The minimum atomic E-state index is -0.241. The van der Waals surface area contributed by atoms with Gasteiger partial charge in [0.2, 0.25) is 5.91 Å². The maximum absolute atomic E-state index is 12.4. The first kappa shape index (κ1) is 19.4. The van der Waals surface area contributed by atoms with Gasteiger partial charge in [0.1, 0.15) is 11.5 Å². The second-order valence-electron chi connectivity index (χ2n) is 7.24. The number of amides is 1. The molecule has 0 saturated heterocycles. The largest absolute Gasteiger partial charge is 0.410 e. The van der Waals surface area contributed by atoms with Gasteiger partial charge in [-0.15, -0.1) is 10.2 Å². The molecule has 9 heteroatoms. The van der Waals surface area contributed by atoms with Crippen LogP contribution in [0.4, 0.5) is 0 Å². The van der Waals surface area contributed by atoms with Gasteiger partial charge in [-0.3, -0.25) is 4.79 Å². The van der Waals surface area contributed by atoms with Crippen molar-refractivity contribution in [1.29, 1.82) is 0 Å². The molecule has 0 spiro atoms. The number of hydrogen-bond donors (Lipinski definition) is 2. The molecule has 0 aliphatic carbocycles. The van der Waals surface area contributed by atoms with E-state index in [0.717, 1.165) is 33.5 Å². The summed E-state index contributed by atoms with van der Waals surface area (Å²) < 4.78 is 7.79. The Kier molecular flexibility index (Phi) is 4.95. The van der Waals surface area contributed by atoms with Crippen molar-refractivity contribution in [1.82, 2.24) is 30.0 Å². The summed E-state index contributed by atoms with van der Waals surface area (Å²) in [4.78, 5) is 20.2. The molecule has 2 N–H and O–H groups in total. The van der Waals surface area contributed by atoms with Crippen LogP contribution in [-0.4, -0.2) is 36.4 Å². The number of thioether (sulfide) groups is 1. The number of aryl methyl sites for hydroxylation is 1. The van der Waals surface area contributed by atoms with E-state index < -0.39 is 0 Å². The van der Waals surface area contributed by atoms with Crippen LogP contribution in [0.1, 0.15) is 18.8 Å². The molecule has 1 atom stereocenters. The van der Waals surface area contributed by atoms with Crippen LogP contribution in [-0.2, 0) is 11.8 Å². The van der Waals surface area contributed by atoms with Crippen LogP contribution >= 0.6 is 11.8 Å². The van der Waals surface area contributed by atoms with Gasteiger partial charge in [-0.2, -0.15) is 0 Å². The third-order valence-electron chi connectivity index (χ3n) is 5.10. The summed E-state index contributed by atoms with van der Waals surface area (Å²) in [7, 11) is 1.96. The van der Waals surface area contributed by atoms with Crippen molar-refractivity contribution < 1.29 is 9.21 Å². The SMILES string of the molecule is C[C@H](NC(=O)CSc1nnc(-c2cc3ccccc3n2C)o1)c1nc2ccccc2[nH]1. The number of nitrogens with one attached hydrogen (secondary N) is 2. The molecule has 5 aromatic rings. The van der Waals surface area contributed by atoms with Crippen molar-refractivity contribution in [3.8, 4) is 11.6 Å². The minimum Gasteiger partial charge on any atom is -0.410 e. The summed E-state index contributed by atoms with van der Waals surface area (Å²) in [5.41, 5.74) is 3.74. The summed E-state index contributed by atoms with van der Waals surface area (Å²) in [6.07, 6.45) is 0. The monoisotopic (exact) mass is 432 g/mol. The van der Waals surface area contributed by atoms with Gasteiger partial charge in [-0.1, -0.05) is 42.1 Å². The first-order valence-corrected chi connectivity index (χ1v) is 10.8. The highest BCUT2D eigenvalue weighted by atomic mass is 32.2. The van der Waals surface area contributed by atoms with Crippen molar-refractivity contribution >= 4 is 39.6 Å². The Hall–Kier alpha value is -3.59. The molecule has 0 bridgehead atoms. The van der Waals surface area contributed by atoms with Crippen LogP contribution in [0.5, 0.6) is 0 Å². The first-order valence-electron chi connectivity index (χ1n) is 9.83. The van der Waals surface area contributed by atoms with Crippen LogP contribution in [0, 0.1) is 0 Å². The fraction of sp³-hybridized carbons (Fsp3) is 0.182. The van der Waals surface area contributed by atoms with Crippen molar-refractivity contribution in [3.05, 3.63) is 60.4 Å². The van der Waals surface area contributed by atoms with Crippen molar-refractivity contribution in [2.24, 2.45) is 7.05 Å². The molecule has 0 radical (unpaired) electrons. The molecular formula is C22H20N6O2S. The summed E-state index contributed by atoms with van der Waals surface area (Å²) in [6, 6.07) is 17.6. The molecule has 156 valence electrons. The Bertz CT molecular complexity index is 1350. The van der Waals surface area contributed by atoms with E-state index in [4.69, 9.17) is 4.42 Å². The van der Waals surface area contributed by atoms with Gasteiger partial charge in [-0.05, 0) is 31.2 Å². The fourth-order valence-corrected chi connectivity index (χ4v) is 4.10. The number of carbonyl (C=O) groups is 1. The highest BCUT2D eigenvalue weighted by Crippen LogP contribution is 2.28. The quantitative estimate of drug-likeness (QED) is 0.392. The van der Waals surface area contributed by atoms with Crippen LogP contribution in [0.25, 0.3) is 33.5 Å². The van der Waals surface area contributed by atoms with Gasteiger partial charge in [0.15, 0.2) is 0 Å². The number of para-hydroxylation sites is 3. The summed E-state index contributed by atoms with van der Waals surface area (Å²) in [5.74, 6) is 1.18. The Balaban J connectivity index is 1.22. The number of benzene rings is 2. The highest BCUT2D eigenvalue weighted by Gasteiger charge is 2.17. The first-order chi connectivity index (χ1) is 15.1. The number of nitrogens with zero attached hydrogens (tertiary/aromatic N) is 4. The molecule has 3 heterocycles. The van der Waals surface area contributed by atoms with E-state index in [-0.39, 0.29) is 17.7 Å². The third-order valence-corrected chi connectivity index (χ3v) is 5.92. The maximum atomic E-state index is 12.4. The number of rotatable bonds is 6. The van der Waals surface area contributed by atoms with Gasteiger partial charge < -0.3 is 19.3 Å². The highest BCUT2D eigenvalue weighted by molar-refractivity contribution is 7.99. The predicted octanol–water partition coefficient (Wildman–Crippen LogP) is 4.07. The van der Waals surface area contributed by atoms with Crippen LogP contribution in [0.2, 0.25) is 0 Å². The van der Waals surface area contributed by atoms with E-state index in [0.29, 0.717) is 11.1 Å². The zero-order chi connectivity index (χ0) is 21.4. The zero-order valence-corrected chi connectivity index (χ0v) is 17.8. The molecule has 5 rings (SSSR count). The van der Waals surface area contributed by atoms with Crippen LogP contribution < -0.4 is 5.32 Å². The standard InChI is InChI=1S/C22H20N6O2S/c1-13(20-24-15-8-4-5-9-16(15)25-20)23-19(29)12-31-22-27-26-21(30-22)18-11-14-7-3-6-10-17(14)28(18)2/h3-11,13H,12H2,1-2H3,(H,23,29)(H,24,25)/t13-/m0/s1. The fourth-order valence-electron chi connectivity index (χ4n) is 3.52. The number of aromatic nitrogens is 5. The number of imidazole rings is 1. The lowest BCUT2D eigenvalue weighted by Gasteiger charge is -2.10. The molecule has 0 aliphatic rings. The van der Waals surface area contributed by atoms with Gasteiger partial charge in [-0.25, -0.2) is 4.98 Å². The average Bonchev–Trinajstić information content (AvgIpc) is 3.49. The number of hydrogen-bond acceptors (Lipinski definition) is 6. The lowest BCUT2D eigenvalue weighted by Crippen LogP contribution is -2.28. The van der Waals surface area contributed by atoms with E-state index in [1.807, 2.05) is 73.1 Å². The number of carbonyl (C=O) groups excluding carboxylic acids is 1. The molecule has 0 fully saturated rings. The van der Waals surface area contributed by atoms with E-state index in [1.54, 1.807) is 0 Å². The molecule has 0 unspecified atom stereocenters. The Morgan fingerprint density at radius 1 is 1.19 bits per heavy atom. The van der Waals surface area contributed by atoms with Gasteiger partial charge >= 0.3 is 0 Å². The van der Waals surface area contributed by atoms with E-state index in [2.05, 4.69) is 25.5 Å². The van der Waals surface area contributed by atoms with Crippen molar-refractivity contribution in [2.75, 3.05) is 5.75 Å². The van der Waals surface area contributed by atoms with Crippen molar-refractivity contribution in [3.63, 3.8) is 0 Å². The molecule has 0 saturated carbocycles. The van der Waals surface area contributed by atoms with Crippen molar-refractivity contribution in [2.45, 2.75) is 18.2 Å². The van der Waals surface area contributed by atoms with E-state index >= 15 is 0 Å². The molecule has 2 aromatic carbocycles. The molecule has 3 aromatic heterocycles. The van der Waals surface area contributed by atoms with Gasteiger partial charge in [0, 0.05) is 18.0 Å². The summed E-state index contributed by atoms with van der Waals surface area (Å²) in [6.45, 7) is 1.89. The van der Waals surface area contributed by atoms with Crippen LogP contribution in [0.3, 0.4) is 0 Å². The van der Waals surface area contributed by atoms with Gasteiger partial charge in [0.25, 0.3) is 11.1 Å². The predicted molar refractivity (Wildman–Crippen MR) is 120 cm³/mol. The number of H-pyrrole nitrogens is 1. The second kappa shape index (κ2) is 7.92. The van der Waals surface area contributed by atoms with E-state index in [9.17, 15) is 4.79 Å². The molecule has 31 heavy (non-hydrogen) atoms. The number of fused-ring (bicyclic) bond motifs is 2. The Labute approximate surface area is 182 Å². The third kappa shape index (κ3) is 3.79. The van der Waals surface area contributed by atoms with Gasteiger partial charge in [0.05, 0.1) is 22.8 Å². The zero-order valence-electron chi connectivity index (χ0n) is 17.0. The number of aromatic amines is 1. The summed E-state index contributed by atoms with van der Waals surface area (Å²) >= 11 is 1.21. The second-order valence-corrected chi connectivity index (χ2v) is 8.16. The Morgan fingerprint density at radius 2 is 2.00 bits per heavy atom. The molecule has 1 amide bonds. The average molecular weight is 433 g/mol. The minimum absolute atomic E-state index is 0.137. The molecule has 8 nitrogen and oxygen atoms in total. The maximum Gasteiger partial charge on any atom is 0.277 e. The summed E-state index contributed by atoms with van der Waals surface area (Å²) in [5, 5.41) is 12.6. The Morgan fingerprint density at radius 3 is 2.84 bits per heavy atom. The lowest BCUT2D eigenvalue weighted by molar-refractivity contribution is -0.119.